The summed E-state index contributed by atoms with van der Waals surface area (Å²) in [6, 6.07) is -0.889. The number of nitrogens with two attached hydrogens (primary N) is 1. The maximum absolute atomic E-state index is 11.4. The summed E-state index contributed by atoms with van der Waals surface area (Å²) in [7, 11) is 0. The van der Waals surface area contributed by atoms with Crippen molar-refractivity contribution in [3.63, 3.8) is 0 Å². The minimum Gasteiger partial charge on any atom is -0.481 e. The number of esters is 1. The van der Waals surface area contributed by atoms with Crippen molar-refractivity contribution >= 4 is 11.9 Å². The summed E-state index contributed by atoms with van der Waals surface area (Å²) in [5, 5.41) is 8.54. The molecule has 0 aromatic carbocycles. The van der Waals surface area contributed by atoms with Crippen molar-refractivity contribution in [2.24, 2.45) is 11.7 Å². The van der Waals surface area contributed by atoms with Gasteiger partial charge in [0.05, 0.1) is 0 Å². The van der Waals surface area contributed by atoms with Crippen LogP contribution < -0.4 is 5.73 Å². The molecule has 0 heterocycles. The topological polar surface area (TPSA) is 89.6 Å². The summed E-state index contributed by atoms with van der Waals surface area (Å²) >= 11 is 0. The molecule has 0 spiro atoms. The van der Waals surface area contributed by atoms with Gasteiger partial charge in [-0.25, -0.2) is 0 Å². The van der Waals surface area contributed by atoms with Crippen LogP contribution in [0, 0.1) is 5.92 Å². The number of aliphatic carboxylic acids is 1. The lowest BCUT2D eigenvalue weighted by Crippen LogP contribution is -2.42. The van der Waals surface area contributed by atoms with Crippen LogP contribution in [0.3, 0.4) is 0 Å². The maximum Gasteiger partial charge on any atom is 0.323 e. The lowest BCUT2D eigenvalue weighted by molar-refractivity contribution is -0.158. The van der Waals surface area contributed by atoms with Crippen LogP contribution in [0.15, 0.2) is 0 Å². The fourth-order valence-corrected chi connectivity index (χ4v) is 1.00. The number of rotatable bonds is 4. The van der Waals surface area contributed by atoms with Crippen molar-refractivity contribution in [1.82, 2.24) is 0 Å². The maximum atomic E-state index is 11.4. The highest BCUT2D eigenvalue weighted by atomic mass is 16.6. The third-order valence-corrected chi connectivity index (χ3v) is 1.79. The van der Waals surface area contributed by atoms with Gasteiger partial charge in [-0.3, -0.25) is 9.59 Å². The Bertz CT molecular complexity index is 244. The second-order valence-corrected chi connectivity index (χ2v) is 4.63. The minimum atomic E-state index is -0.971. The first-order valence-corrected chi connectivity index (χ1v) is 4.83. The summed E-state index contributed by atoms with van der Waals surface area (Å²) in [4.78, 5) is 21.9. The van der Waals surface area contributed by atoms with E-state index in [1.54, 1.807) is 27.7 Å². The first-order chi connectivity index (χ1) is 6.63. The molecule has 0 saturated heterocycles. The highest BCUT2D eigenvalue weighted by Gasteiger charge is 2.27. The zero-order valence-electron chi connectivity index (χ0n) is 9.61. The summed E-state index contributed by atoms with van der Waals surface area (Å²) in [6.07, 6.45) is -0.138. The smallest absolute Gasteiger partial charge is 0.323 e. The van der Waals surface area contributed by atoms with Gasteiger partial charge in [0.15, 0.2) is 0 Å². The molecule has 0 saturated carbocycles. The Balaban J connectivity index is 4.25. The fraction of sp³-hybridized carbons (Fsp3) is 0.800. The van der Waals surface area contributed by atoms with Gasteiger partial charge in [0.25, 0.3) is 0 Å². The molecule has 2 unspecified atom stereocenters. The van der Waals surface area contributed by atoms with Gasteiger partial charge in [-0.2, -0.15) is 0 Å². The van der Waals surface area contributed by atoms with Gasteiger partial charge in [-0.05, 0) is 26.7 Å². The predicted octanol–water partition coefficient (Wildman–Crippen LogP) is 0.766. The lowest BCUT2D eigenvalue weighted by atomic mass is 9.99. The molecular formula is C10H19NO4. The summed E-state index contributed by atoms with van der Waals surface area (Å²) in [5.74, 6) is -1.96. The number of ether oxygens (including phenoxy) is 1. The molecule has 15 heavy (non-hydrogen) atoms. The standard InChI is InChI=1S/C10H19NO4/c1-6(5-7(12)13)8(11)9(14)15-10(2,3)4/h6,8H,5,11H2,1-4H3,(H,12,13). The largest absolute Gasteiger partial charge is 0.481 e. The van der Waals surface area contributed by atoms with Crippen LogP contribution >= 0.6 is 0 Å². The fourth-order valence-electron chi connectivity index (χ4n) is 1.00. The van der Waals surface area contributed by atoms with E-state index >= 15 is 0 Å². The number of carbonyl (C=O) groups is 2. The van der Waals surface area contributed by atoms with Crippen molar-refractivity contribution < 1.29 is 19.4 Å². The molecule has 0 fully saturated rings. The molecule has 5 nitrogen and oxygen atoms in total. The minimum absolute atomic E-state index is 0.138. The average molecular weight is 217 g/mol. The van der Waals surface area contributed by atoms with Crippen LogP contribution in [0.1, 0.15) is 34.1 Å². The number of carbonyl (C=O) groups excluding carboxylic acids is 1. The first kappa shape index (κ1) is 13.9. The van der Waals surface area contributed by atoms with E-state index in [4.69, 9.17) is 15.6 Å². The highest BCUT2D eigenvalue weighted by Crippen LogP contribution is 2.13. The van der Waals surface area contributed by atoms with Gasteiger partial charge in [0, 0.05) is 6.42 Å². The normalized spacial score (nSPS) is 15.5. The Morgan fingerprint density at radius 3 is 2.20 bits per heavy atom. The summed E-state index contributed by atoms with van der Waals surface area (Å²) < 4.78 is 5.05. The molecule has 0 aromatic rings. The predicted molar refractivity (Wildman–Crippen MR) is 55.2 cm³/mol. The van der Waals surface area contributed by atoms with Crippen LogP contribution in [0.4, 0.5) is 0 Å². The molecule has 0 aliphatic rings. The molecule has 0 bridgehead atoms. The molecule has 2 atom stereocenters. The van der Waals surface area contributed by atoms with E-state index < -0.39 is 29.5 Å². The Hall–Kier alpha value is -1.10. The third kappa shape index (κ3) is 6.06. The molecule has 3 N–H and O–H groups in total. The Morgan fingerprint density at radius 1 is 1.40 bits per heavy atom. The van der Waals surface area contributed by atoms with Gasteiger partial charge in [0.2, 0.25) is 0 Å². The lowest BCUT2D eigenvalue weighted by Gasteiger charge is -2.24. The average Bonchev–Trinajstić information content (AvgIpc) is 1.98. The van der Waals surface area contributed by atoms with Crippen molar-refractivity contribution in [3.05, 3.63) is 0 Å². The van der Waals surface area contributed by atoms with Crippen LogP contribution in [-0.2, 0) is 14.3 Å². The van der Waals surface area contributed by atoms with Gasteiger partial charge in [0.1, 0.15) is 11.6 Å². The SMILES string of the molecule is CC(CC(=O)O)C(N)C(=O)OC(C)(C)C. The monoisotopic (exact) mass is 217 g/mol. The van der Waals surface area contributed by atoms with Crippen LogP contribution in [0.5, 0.6) is 0 Å². The first-order valence-electron chi connectivity index (χ1n) is 4.83. The van der Waals surface area contributed by atoms with E-state index in [0.29, 0.717) is 0 Å². The number of hydrogen-bond acceptors (Lipinski definition) is 4. The second-order valence-electron chi connectivity index (χ2n) is 4.63. The Morgan fingerprint density at radius 2 is 1.87 bits per heavy atom. The van der Waals surface area contributed by atoms with E-state index in [0.717, 1.165) is 0 Å². The van der Waals surface area contributed by atoms with Gasteiger partial charge >= 0.3 is 11.9 Å². The van der Waals surface area contributed by atoms with Gasteiger partial charge in [-0.1, -0.05) is 6.92 Å². The molecule has 0 aromatic heterocycles. The number of carboxylic acids is 1. The molecule has 0 rings (SSSR count). The van der Waals surface area contributed by atoms with Crippen molar-refractivity contribution in [2.45, 2.75) is 45.8 Å². The van der Waals surface area contributed by atoms with E-state index in [1.165, 1.54) is 0 Å². The zero-order valence-corrected chi connectivity index (χ0v) is 9.61. The van der Waals surface area contributed by atoms with Crippen LogP contribution in [0.25, 0.3) is 0 Å². The van der Waals surface area contributed by atoms with E-state index in [9.17, 15) is 9.59 Å². The molecule has 88 valence electrons. The molecule has 0 aliphatic carbocycles. The zero-order chi connectivity index (χ0) is 12.2. The van der Waals surface area contributed by atoms with E-state index in [1.807, 2.05) is 0 Å². The van der Waals surface area contributed by atoms with E-state index in [2.05, 4.69) is 0 Å². The molecule has 0 radical (unpaired) electrons. The molecule has 0 amide bonds. The molecule has 0 aliphatic heterocycles. The second kappa shape index (κ2) is 5.11. The van der Waals surface area contributed by atoms with Crippen molar-refractivity contribution in [1.29, 1.82) is 0 Å². The van der Waals surface area contributed by atoms with Crippen LogP contribution in [0.2, 0.25) is 0 Å². The quantitative estimate of drug-likeness (QED) is 0.679. The van der Waals surface area contributed by atoms with Gasteiger partial charge in [-0.15, -0.1) is 0 Å². The highest BCUT2D eigenvalue weighted by molar-refractivity contribution is 5.77. The van der Waals surface area contributed by atoms with Gasteiger partial charge < -0.3 is 15.6 Å². The summed E-state index contributed by atoms with van der Waals surface area (Å²) in [6.45, 7) is 6.82. The van der Waals surface area contributed by atoms with Crippen molar-refractivity contribution in [2.75, 3.05) is 0 Å². The Labute approximate surface area is 89.6 Å². The molecule has 5 heteroatoms. The van der Waals surface area contributed by atoms with Crippen molar-refractivity contribution in [3.8, 4) is 0 Å². The van der Waals surface area contributed by atoms with E-state index in [-0.39, 0.29) is 6.42 Å². The number of hydrogen-bond donors (Lipinski definition) is 2. The third-order valence-electron chi connectivity index (χ3n) is 1.79. The van der Waals surface area contributed by atoms with Crippen LogP contribution in [-0.4, -0.2) is 28.7 Å². The number of carboxylic acid groups (broad SMARTS) is 1. The summed E-state index contributed by atoms with van der Waals surface area (Å²) in [5.41, 5.74) is 4.98. The molecular weight excluding hydrogens is 198 g/mol. The Kier molecular flexibility index (Phi) is 4.74.